The van der Waals surface area contributed by atoms with Crippen molar-refractivity contribution >= 4 is 11.6 Å². The summed E-state index contributed by atoms with van der Waals surface area (Å²) in [6.07, 6.45) is -0.764. The van der Waals surface area contributed by atoms with Crippen LogP contribution in [0.1, 0.15) is 24.2 Å². The average Bonchev–Trinajstić information content (AvgIpc) is 2.31. The fraction of sp³-hybridized carbons (Fsp3) is 0.462. The van der Waals surface area contributed by atoms with Gasteiger partial charge in [0.1, 0.15) is 5.82 Å². The molecule has 0 spiro atoms. The molecule has 0 aromatic heterocycles. The Bertz CT molecular complexity index is 474. The number of hydrogen-bond acceptors (Lipinski definition) is 3. The van der Waals surface area contributed by atoms with E-state index in [0.717, 1.165) is 5.69 Å². The number of aliphatic hydroxyl groups is 1. The van der Waals surface area contributed by atoms with Crippen LogP contribution in [0.4, 0.5) is 10.1 Å². The fourth-order valence-electron chi connectivity index (χ4n) is 2.13. The molecule has 1 aliphatic rings. The van der Waals surface area contributed by atoms with Crippen molar-refractivity contribution in [3.8, 4) is 0 Å². The average molecular weight is 252 g/mol. The molecule has 0 radical (unpaired) electrons. The van der Waals surface area contributed by atoms with Crippen molar-refractivity contribution in [3.63, 3.8) is 0 Å². The number of carbonyl (C=O) groups is 1. The van der Waals surface area contributed by atoms with Gasteiger partial charge in [-0.25, -0.2) is 4.39 Å². The van der Waals surface area contributed by atoms with Gasteiger partial charge in [0, 0.05) is 24.3 Å². The molecule has 1 aromatic rings. The number of piperazine rings is 1. The molecule has 0 bridgehead atoms. The SMILES string of the molecule is Cc1cc(N2CCNC(=O)C2)c(C(C)O)cc1F. The van der Waals surface area contributed by atoms with Crippen molar-refractivity contribution in [2.75, 3.05) is 24.5 Å². The maximum absolute atomic E-state index is 13.6. The van der Waals surface area contributed by atoms with Crippen molar-refractivity contribution in [2.24, 2.45) is 0 Å². The highest BCUT2D eigenvalue weighted by atomic mass is 19.1. The Morgan fingerprint density at radius 3 is 2.83 bits per heavy atom. The molecule has 2 N–H and O–H groups in total. The number of carbonyl (C=O) groups excluding carboxylic acids is 1. The van der Waals surface area contributed by atoms with Crippen molar-refractivity contribution in [1.82, 2.24) is 5.32 Å². The summed E-state index contributed by atoms with van der Waals surface area (Å²) in [6.45, 7) is 4.74. The zero-order chi connectivity index (χ0) is 13.3. The first-order valence-electron chi connectivity index (χ1n) is 5.99. The molecule has 5 heteroatoms. The summed E-state index contributed by atoms with van der Waals surface area (Å²) in [7, 11) is 0. The summed E-state index contributed by atoms with van der Waals surface area (Å²) in [4.78, 5) is 13.3. The lowest BCUT2D eigenvalue weighted by Crippen LogP contribution is -2.48. The van der Waals surface area contributed by atoms with E-state index in [1.807, 2.05) is 4.90 Å². The van der Waals surface area contributed by atoms with E-state index >= 15 is 0 Å². The fourth-order valence-corrected chi connectivity index (χ4v) is 2.13. The highest BCUT2D eigenvalue weighted by Crippen LogP contribution is 2.29. The van der Waals surface area contributed by atoms with Gasteiger partial charge in [0.2, 0.25) is 5.91 Å². The molecule has 4 nitrogen and oxygen atoms in total. The summed E-state index contributed by atoms with van der Waals surface area (Å²) in [6, 6.07) is 3.04. The molecule has 1 aliphatic heterocycles. The van der Waals surface area contributed by atoms with Crippen LogP contribution in [-0.2, 0) is 4.79 Å². The first-order chi connectivity index (χ1) is 8.49. The second-order valence-corrected chi connectivity index (χ2v) is 4.61. The van der Waals surface area contributed by atoms with Gasteiger partial charge in [-0.05, 0) is 31.5 Å². The van der Waals surface area contributed by atoms with Gasteiger partial charge in [-0.1, -0.05) is 0 Å². The predicted octanol–water partition coefficient (Wildman–Crippen LogP) is 1.12. The highest BCUT2D eigenvalue weighted by molar-refractivity contribution is 5.83. The number of aliphatic hydroxyl groups excluding tert-OH is 1. The highest BCUT2D eigenvalue weighted by Gasteiger charge is 2.21. The van der Waals surface area contributed by atoms with Gasteiger partial charge in [0.15, 0.2) is 0 Å². The molecule has 1 fully saturated rings. The standard InChI is InChI=1S/C13H17FN2O2/c1-8-5-12(10(9(2)17)6-11(8)14)16-4-3-15-13(18)7-16/h5-6,9,17H,3-4,7H2,1-2H3,(H,15,18). The lowest BCUT2D eigenvalue weighted by atomic mass is 10.0. The predicted molar refractivity (Wildman–Crippen MR) is 67.0 cm³/mol. The molecule has 2 rings (SSSR count). The molecule has 0 saturated carbocycles. The number of nitrogens with zero attached hydrogens (tertiary/aromatic N) is 1. The minimum Gasteiger partial charge on any atom is -0.389 e. The summed E-state index contributed by atoms with van der Waals surface area (Å²) >= 11 is 0. The molecular weight excluding hydrogens is 235 g/mol. The Morgan fingerprint density at radius 2 is 2.22 bits per heavy atom. The first-order valence-corrected chi connectivity index (χ1v) is 5.99. The molecule has 98 valence electrons. The van der Waals surface area contributed by atoms with Crippen molar-refractivity contribution in [3.05, 3.63) is 29.1 Å². The lowest BCUT2D eigenvalue weighted by Gasteiger charge is -2.31. The third kappa shape index (κ3) is 2.46. The largest absolute Gasteiger partial charge is 0.389 e. The van der Waals surface area contributed by atoms with Crippen LogP contribution in [0.3, 0.4) is 0 Å². The quantitative estimate of drug-likeness (QED) is 0.829. The number of benzene rings is 1. The molecule has 1 amide bonds. The topological polar surface area (TPSA) is 52.6 Å². The Hall–Kier alpha value is -1.62. The van der Waals surface area contributed by atoms with Crippen molar-refractivity contribution in [1.29, 1.82) is 0 Å². The zero-order valence-electron chi connectivity index (χ0n) is 10.5. The van der Waals surface area contributed by atoms with E-state index in [1.54, 1.807) is 19.9 Å². The Kier molecular flexibility index (Phi) is 3.52. The van der Waals surface area contributed by atoms with E-state index in [1.165, 1.54) is 6.07 Å². The zero-order valence-corrected chi connectivity index (χ0v) is 10.5. The van der Waals surface area contributed by atoms with E-state index in [9.17, 15) is 14.3 Å². The van der Waals surface area contributed by atoms with Gasteiger partial charge < -0.3 is 15.3 Å². The third-order valence-electron chi connectivity index (χ3n) is 3.14. The van der Waals surface area contributed by atoms with Crippen LogP contribution in [0.15, 0.2) is 12.1 Å². The van der Waals surface area contributed by atoms with Gasteiger partial charge >= 0.3 is 0 Å². The number of anilines is 1. The Morgan fingerprint density at radius 1 is 1.50 bits per heavy atom. The lowest BCUT2D eigenvalue weighted by molar-refractivity contribution is -0.120. The van der Waals surface area contributed by atoms with Crippen LogP contribution in [0, 0.1) is 12.7 Å². The smallest absolute Gasteiger partial charge is 0.239 e. The molecule has 1 atom stereocenters. The molecular formula is C13H17FN2O2. The van der Waals surface area contributed by atoms with E-state index in [0.29, 0.717) is 24.2 Å². The number of nitrogens with one attached hydrogen (secondary N) is 1. The summed E-state index contributed by atoms with van der Waals surface area (Å²) in [5, 5.41) is 12.5. The van der Waals surface area contributed by atoms with E-state index in [4.69, 9.17) is 0 Å². The third-order valence-corrected chi connectivity index (χ3v) is 3.14. The Labute approximate surface area is 105 Å². The summed E-state index contributed by atoms with van der Waals surface area (Å²) in [5.74, 6) is -0.393. The monoisotopic (exact) mass is 252 g/mol. The van der Waals surface area contributed by atoms with Gasteiger partial charge in [-0.15, -0.1) is 0 Å². The van der Waals surface area contributed by atoms with Gasteiger partial charge in [-0.2, -0.15) is 0 Å². The molecule has 1 saturated heterocycles. The number of rotatable bonds is 2. The Balaban J connectivity index is 2.41. The molecule has 1 aromatic carbocycles. The van der Waals surface area contributed by atoms with Crippen molar-refractivity contribution in [2.45, 2.75) is 20.0 Å². The van der Waals surface area contributed by atoms with Crippen LogP contribution in [0.2, 0.25) is 0 Å². The number of amides is 1. The number of halogens is 1. The number of aryl methyl sites for hydroxylation is 1. The van der Waals surface area contributed by atoms with Gasteiger partial charge in [0.05, 0.1) is 12.6 Å². The molecule has 1 unspecified atom stereocenters. The van der Waals surface area contributed by atoms with E-state index in [-0.39, 0.29) is 18.3 Å². The summed E-state index contributed by atoms with van der Waals surface area (Å²) in [5.41, 5.74) is 1.77. The van der Waals surface area contributed by atoms with Gasteiger partial charge in [0.25, 0.3) is 0 Å². The minimum atomic E-state index is -0.764. The van der Waals surface area contributed by atoms with Crippen molar-refractivity contribution < 1.29 is 14.3 Å². The van der Waals surface area contributed by atoms with Crippen LogP contribution >= 0.6 is 0 Å². The van der Waals surface area contributed by atoms with Gasteiger partial charge in [-0.3, -0.25) is 4.79 Å². The summed E-state index contributed by atoms with van der Waals surface area (Å²) < 4.78 is 13.6. The first kappa shape index (κ1) is 12.8. The maximum atomic E-state index is 13.6. The van der Waals surface area contributed by atoms with Crippen LogP contribution < -0.4 is 10.2 Å². The molecule has 1 heterocycles. The van der Waals surface area contributed by atoms with E-state index < -0.39 is 6.10 Å². The van der Waals surface area contributed by atoms with Crippen LogP contribution in [0.5, 0.6) is 0 Å². The maximum Gasteiger partial charge on any atom is 0.239 e. The van der Waals surface area contributed by atoms with E-state index in [2.05, 4.69) is 5.32 Å². The minimum absolute atomic E-state index is 0.0558. The number of hydrogen-bond donors (Lipinski definition) is 2. The second kappa shape index (κ2) is 4.94. The molecule has 0 aliphatic carbocycles. The van der Waals surface area contributed by atoms with Crippen LogP contribution in [0.25, 0.3) is 0 Å². The molecule has 18 heavy (non-hydrogen) atoms. The second-order valence-electron chi connectivity index (χ2n) is 4.61. The van der Waals surface area contributed by atoms with Crippen LogP contribution in [-0.4, -0.2) is 30.6 Å². The normalized spacial score (nSPS) is 17.6.